The van der Waals surface area contributed by atoms with Gasteiger partial charge in [0.15, 0.2) is 12.2 Å². The van der Waals surface area contributed by atoms with E-state index in [0.29, 0.717) is 6.42 Å². The molecule has 164 valence electrons. The second-order valence-corrected chi connectivity index (χ2v) is 7.11. The largest absolute Gasteiger partial charge is 0.462 e. The average molecular weight is 415 g/mol. The maximum atomic E-state index is 11.9. The number of nitrogens with zero attached hydrogens (tertiary/aromatic N) is 1. The van der Waals surface area contributed by atoms with Crippen LogP contribution in [-0.4, -0.2) is 72.2 Å². The number of esters is 4. The Labute approximate surface area is 169 Å². The summed E-state index contributed by atoms with van der Waals surface area (Å²) < 4.78 is 21.0. The minimum Gasteiger partial charge on any atom is -0.462 e. The fraction of sp³-hybridized carbons (Fsp3) is 0.737. The predicted octanol–water partition coefficient (Wildman–Crippen LogP) is 0.602. The zero-order valence-electron chi connectivity index (χ0n) is 17.6. The monoisotopic (exact) mass is 415 g/mol. The van der Waals surface area contributed by atoms with Crippen molar-refractivity contribution in [1.82, 2.24) is 4.90 Å². The third-order valence-electron chi connectivity index (χ3n) is 4.54. The van der Waals surface area contributed by atoms with Crippen LogP contribution < -0.4 is 0 Å². The lowest BCUT2D eigenvalue weighted by Gasteiger charge is -2.34. The fourth-order valence-corrected chi connectivity index (χ4v) is 3.53. The molecule has 0 spiro atoms. The van der Waals surface area contributed by atoms with Crippen LogP contribution in [0.2, 0.25) is 0 Å². The van der Waals surface area contributed by atoms with Crippen molar-refractivity contribution in [3.05, 3.63) is 0 Å². The molecule has 1 aliphatic heterocycles. The Hall–Kier alpha value is -2.65. The topological polar surface area (TPSA) is 126 Å². The normalized spacial score (nSPS) is 21.5. The Morgan fingerprint density at radius 2 is 1.41 bits per heavy atom. The molecule has 0 saturated carbocycles. The van der Waals surface area contributed by atoms with E-state index in [0.717, 1.165) is 13.8 Å². The molecule has 10 heteroatoms. The third kappa shape index (κ3) is 7.71. The molecule has 1 aliphatic rings. The number of likely N-dealkylation sites (tertiary alicyclic amines) is 1. The maximum absolute atomic E-state index is 11.9. The van der Waals surface area contributed by atoms with Gasteiger partial charge in [-0.3, -0.25) is 24.0 Å². The second kappa shape index (κ2) is 10.8. The zero-order chi connectivity index (χ0) is 22.3. The minimum absolute atomic E-state index is 0.116. The Morgan fingerprint density at radius 3 is 1.83 bits per heavy atom. The molecule has 1 fully saturated rings. The summed E-state index contributed by atoms with van der Waals surface area (Å²) in [4.78, 5) is 59.8. The maximum Gasteiger partial charge on any atom is 0.303 e. The lowest BCUT2D eigenvalue weighted by atomic mass is 9.92. The Bertz CT molecular complexity index is 648. The molecule has 0 aromatic heterocycles. The van der Waals surface area contributed by atoms with Gasteiger partial charge in [-0.25, -0.2) is 0 Å². The van der Waals surface area contributed by atoms with E-state index in [2.05, 4.69) is 0 Å². The number of ether oxygens (including phenoxy) is 4. The summed E-state index contributed by atoms with van der Waals surface area (Å²) in [7, 11) is 0. The van der Waals surface area contributed by atoms with Gasteiger partial charge in [0.05, 0.1) is 0 Å². The molecular weight excluding hydrogens is 386 g/mol. The highest BCUT2D eigenvalue weighted by atomic mass is 16.6. The van der Waals surface area contributed by atoms with Crippen LogP contribution in [0.3, 0.4) is 0 Å². The summed E-state index contributed by atoms with van der Waals surface area (Å²) >= 11 is 0. The quantitative estimate of drug-likeness (QED) is 0.414. The van der Waals surface area contributed by atoms with E-state index < -0.39 is 42.2 Å². The van der Waals surface area contributed by atoms with Crippen molar-refractivity contribution in [3.8, 4) is 0 Å². The highest BCUT2D eigenvalue weighted by Gasteiger charge is 2.46. The molecule has 0 unspecified atom stereocenters. The molecule has 1 amide bonds. The first kappa shape index (κ1) is 24.4. The van der Waals surface area contributed by atoms with E-state index in [1.54, 1.807) is 4.90 Å². The second-order valence-electron chi connectivity index (χ2n) is 7.11. The number of carbonyl (C=O) groups excluding carboxylic acids is 5. The molecule has 0 aromatic carbocycles. The van der Waals surface area contributed by atoms with E-state index in [9.17, 15) is 24.0 Å². The van der Waals surface area contributed by atoms with Crippen LogP contribution >= 0.6 is 0 Å². The average Bonchev–Trinajstić information content (AvgIpc) is 2.95. The van der Waals surface area contributed by atoms with Gasteiger partial charge < -0.3 is 23.8 Å². The first-order valence-electron chi connectivity index (χ1n) is 9.34. The first-order chi connectivity index (χ1) is 13.4. The molecule has 29 heavy (non-hydrogen) atoms. The van der Waals surface area contributed by atoms with E-state index in [4.69, 9.17) is 18.9 Å². The van der Waals surface area contributed by atoms with Gasteiger partial charge in [-0.05, 0) is 13.3 Å². The summed E-state index contributed by atoms with van der Waals surface area (Å²) in [6.07, 6.45) is -2.94. The summed E-state index contributed by atoms with van der Waals surface area (Å²) in [6, 6.07) is -0.116. The third-order valence-corrected chi connectivity index (χ3v) is 4.54. The van der Waals surface area contributed by atoms with Crippen molar-refractivity contribution in [1.29, 1.82) is 0 Å². The van der Waals surface area contributed by atoms with Gasteiger partial charge in [0.2, 0.25) is 5.91 Å². The standard InChI is InChI=1S/C19H29NO9/c1-10-7-16(8-20(10)11(2)21)18(28-14(5)24)19(29-15(6)25)17(27-13(4)23)9-26-12(3)22/h10,16-19H,7-9H2,1-6H3/t10-,16+,17-,18-,19-/m1/s1. The number of rotatable bonds is 8. The van der Waals surface area contributed by atoms with Crippen molar-refractivity contribution in [2.24, 2.45) is 5.92 Å². The number of hydrogen-bond donors (Lipinski definition) is 0. The van der Waals surface area contributed by atoms with Crippen molar-refractivity contribution in [3.63, 3.8) is 0 Å². The van der Waals surface area contributed by atoms with Crippen LogP contribution in [0.4, 0.5) is 0 Å². The van der Waals surface area contributed by atoms with Crippen LogP contribution in [0.25, 0.3) is 0 Å². The Kier molecular flexibility index (Phi) is 9.06. The molecule has 0 aromatic rings. The summed E-state index contributed by atoms with van der Waals surface area (Å²) in [6.45, 7) is 7.87. The molecule has 10 nitrogen and oxygen atoms in total. The fourth-order valence-electron chi connectivity index (χ4n) is 3.53. The number of carbonyl (C=O) groups is 5. The van der Waals surface area contributed by atoms with Crippen LogP contribution in [0.1, 0.15) is 48.0 Å². The smallest absolute Gasteiger partial charge is 0.303 e. The highest BCUT2D eigenvalue weighted by Crippen LogP contribution is 2.31. The van der Waals surface area contributed by atoms with E-state index in [1.165, 1.54) is 20.8 Å². The lowest BCUT2D eigenvalue weighted by molar-refractivity contribution is -0.193. The summed E-state index contributed by atoms with van der Waals surface area (Å²) in [5.41, 5.74) is 0. The van der Waals surface area contributed by atoms with Crippen LogP contribution in [0, 0.1) is 5.92 Å². The molecule has 0 bridgehead atoms. The van der Waals surface area contributed by atoms with Gasteiger partial charge in [-0.1, -0.05) is 0 Å². The van der Waals surface area contributed by atoms with Gasteiger partial charge in [-0.2, -0.15) is 0 Å². The van der Waals surface area contributed by atoms with Gasteiger partial charge in [0.1, 0.15) is 12.7 Å². The van der Waals surface area contributed by atoms with Crippen LogP contribution in [0.5, 0.6) is 0 Å². The van der Waals surface area contributed by atoms with Crippen molar-refractivity contribution >= 4 is 29.8 Å². The number of amides is 1. The van der Waals surface area contributed by atoms with Crippen molar-refractivity contribution in [2.45, 2.75) is 72.3 Å². The van der Waals surface area contributed by atoms with Gasteiger partial charge in [0.25, 0.3) is 0 Å². The minimum atomic E-state index is -1.22. The molecular formula is C19H29NO9. The molecule has 0 N–H and O–H groups in total. The number of hydrogen-bond acceptors (Lipinski definition) is 9. The Morgan fingerprint density at radius 1 is 0.862 bits per heavy atom. The van der Waals surface area contributed by atoms with Crippen LogP contribution in [0.15, 0.2) is 0 Å². The molecule has 0 radical (unpaired) electrons. The molecule has 1 saturated heterocycles. The van der Waals surface area contributed by atoms with Crippen molar-refractivity contribution < 1.29 is 42.9 Å². The van der Waals surface area contributed by atoms with Gasteiger partial charge >= 0.3 is 23.9 Å². The summed E-state index contributed by atoms with van der Waals surface area (Å²) in [5.74, 6) is -3.15. The SMILES string of the molecule is CC(=O)OC[C@@H](OC(C)=O)[C@@H](OC(C)=O)[C@H](OC(C)=O)[C@H]1C[C@@H](C)N(C(C)=O)C1. The first-order valence-corrected chi connectivity index (χ1v) is 9.34. The lowest BCUT2D eigenvalue weighted by Crippen LogP contribution is -2.50. The zero-order valence-corrected chi connectivity index (χ0v) is 17.6. The van der Waals surface area contributed by atoms with E-state index in [-0.39, 0.29) is 31.0 Å². The molecule has 1 rings (SSSR count). The van der Waals surface area contributed by atoms with Crippen molar-refractivity contribution in [2.75, 3.05) is 13.2 Å². The summed E-state index contributed by atoms with van der Waals surface area (Å²) in [5, 5.41) is 0. The predicted molar refractivity (Wildman–Crippen MR) is 98.3 cm³/mol. The van der Waals surface area contributed by atoms with E-state index >= 15 is 0 Å². The molecule has 5 atom stereocenters. The van der Waals surface area contributed by atoms with Gasteiger partial charge in [0, 0.05) is 53.1 Å². The molecule has 0 aliphatic carbocycles. The highest BCUT2D eigenvalue weighted by molar-refractivity contribution is 5.74. The Balaban J connectivity index is 3.26. The van der Waals surface area contributed by atoms with Crippen LogP contribution in [-0.2, 0) is 42.9 Å². The van der Waals surface area contributed by atoms with Gasteiger partial charge in [-0.15, -0.1) is 0 Å². The van der Waals surface area contributed by atoms with E-state index in [1.807, 2.05) is 6.92 Å². The molecule has 1 heterocycles.